The number of nitriles is 1. The summed E-state index contributed by atoms with van der Waals surface area (Å²) in [5.74, 6) is 0.758. The van der Waals surface area contributed by atoms with Crippen molar-refractivity contribution in [3.05, 3.63) is 23.8 Å². The largest absolute Gasteiger partial charge is 0.397 e. The van der Waals surface area contributed by atoms with E-state index in [4.69, 9.17) is 11.0 Å². The molecule has 0 amide bonds. The number of nitrogens with two attached hydrogens (primary N) is 1. The van der Waals surface area contributed by atoms with Crippen molar-refractivity contribution in [3.8, 4) is 6.07 Å². The Kier molecular flexibility index (Phi) is 3.53. The molecule has 1 fully saturated rings. The highest BCUT2D eigenvalue weighted by molar-refractivity contribution is 5.69. The van der Waals surface area contributed by atoms with E-state index in [1.54, 1.807) is 6.07 Å². The zero-order valence-electron chi connectivity index (χ0n) is 10.3. The number of anilines is 2. The molecule has 0 aliphatic carbocycles. The SMILES string of the molecule is CCC1CCCN(c2cc(C#N)ccc2N)C1. The van der Waals surface area contributed by atoms with Gasteiger partial charge in [-0.1, -0.05) is 13.3 Å². The summed E-state index contributed by atoms with van der Waals surface area (Å²) in [6.07, 6.45) is 3.74. The lowest BCUT2D eigenvalue weighted by atomic mass is 9.95. The van der Waals surface area contributed by atoms with E-state index in [1.807, 2.05) is 12.1 Å². The van der Waals surface area contributed by atoms with E-state index >= 15 is 0 Å². The molecule has 1 aliphatic heterocycles. The lowest BCUT2D eigenvalue weighted by Gasteiger charge is -2.34. The molecule has 0 saturated carbocycles. The second-order valence-electron chi connectivity index (χ2n) is 4.75. The van der Waals surface area contributed by atoms with Crippen molar-refractivity contribution in [2.24, 2.45) is 5.92 Å². The molecule has 1 saturated heterocycles. The molecule has 1 atom stereocenters. The summed E-state index contributed by atoms with van der Waals surface area (Å²) in [7, 11) is 0. The van der Waals surface area contributed by atoms with Crippen LogP contribution in [0.3, 0.4) is 0 Å². The van der Waals surface area contributed by atoms with Crippen LogP contribution in [0.15, 0.2) is 18.2 Å². The molecular formula is C14H19N3. The van der Waals surface area contributed by atoms with Crippen molar-refractivity contribution in [2.75, 3.05) is 23.7 Å². The second kappa shape index (κ2) is 5.09. The lowest BCUT2D eigenvalue weighted by molar-refractivity contribution is 0.405. The van der Waals surface area contributed by atoms with Gasteiger partial charge in [0.1, 0.15) is 0 Å². The first-order valence-corrected chi connectivity index (χ1v) is 6.29. The van der Waals surface area contributed by atoms with Gasteiger partial charge in [0.15, 0.2) is 0 Å². The smallest absolute Gasteiger partial charge is 0.0992 e. The number of hydrogen-bond donors (Lipinski definition) is 1. The molecule has 1 aromatic carbocycles. The van der Waals surface area contributed by atoms with Crippen LogP contribution in [-0.2, 0) is 0 Å². The molecule has 0 aromatic heterocycles. The van der Waals surface area contributed by atoms with Crippen molar-refractivity contribution in [1.82, 2.24) is 0 Å². The van der Waals surface area contributed by atoms with Gasteiger partial charge in [0.25, 0.3) is 0 Å². The predicted molar refractivity (Wildman–Crippen MR) is 70.8 cm³/mol. The summed E-state index contributed by atoms with van der Waals surface area (Å²) in [5, 5.41) is 8.94. The Morgan fingerprint density at radius 1 is 1.53 bits per heavy atom. The Morgan fingerprint density at radius 2 is 2.35 bits per heavy atom. The zero-order valence-corrected chi connectivity index (χ0v) is 10.3. The van der Waals surface area contributed by atoms with Crippen LogP contribution < -0.4 is 10.6 Å². The maximum absolute atomic E-state index is 8.94. The summed E-state index contributed by atoms with van der Waals surface area (Å²) in [5.41, 5.74) is 8.51. The molecule has 1 aliphatic rings. The van der Waals surface area contributed by atoms with Crippen LogP contribution in [0.5, 0.6) is 0 Å². The van der Waals surface area contributed by atoms with Gasteiger partial charge >= 0.3 is 0 Å². The van der Waals surface area contributed by atoms with Crippen molar-refractivity contribution in [2.45, 2.75) is 26.2 Å². The van der Waals surface area contributed by atoms with E-state index in [1.165, 1.54) is 19.3 Å². The minimum atomic E-state index is 0.688. The molecule has 0 bridgehead atoms. The Bertz CT molecular complexity index is 434. The fourth-order valence-corrected chi connectivity index (χ4v) is 2.50. The van der Waals surface area contributed by atoms with E-state index in [2.05, 4.69) is 17.9 Å². The molecule has 1 heterocycles. The van der Waals surface area contributed by atoms with E-state index in [9.17, 15) is 0 Å². The molecule has 17 heavy (non-hydrogen) atoms. The van der Waals surface area contributed by atoms with Crippen molar-refractivity contribution >= 4 is 11.4 Å². The maximum Gasteiger partial charge on any atom is 0.0992 e. The van der Waals surface area contributed by atoms with Crippen LogP contribution >= 0.6 is 0 Å². The number of piperidine rings is 1. The Balaban J connectivity index is 2.24. The minimum Gasteiger partial charge on any atom is -0.397 e. The van der Waals surface area contributed by atoms with Gasteiger partial charge in [0, 0.05) is 13.1 Å². The lowest BCUT2D eigenvalue weighted by Crippen LogP contribution is -2.35. The zero-order chi connectivity index (χ0) is 12.3. The third-order valence-corrected chi connectivity index (χ3v) is 3.60. The van der Waals surface area contributed by atoms with Crippen LogP contribution in [0.4, 0.5) is 11.4 Å². The van der Waals surface area contributed by atoms with Gasteiger partial charge in [-0.2, -0.15) is 5.26 Å². The van der Waals surface area contributed by atoms with E-state index < -0.39 is 0 Å². The first-order valence-electron chi connectivity index (χ1n) is 6.29. The Hall–Kier alpha value is -1.69. The van der Waals surface area contributed by atoms with E-state index in [0.717, 1.165) is 30.4 Å². The number of hydrogen-bond acceptors (Lipinski definition) is 3. The third-order valence-electron chi connectivity index (χ3n) is 3.60. The van der Waals surface area contributed by atoms with Gasteiger partial charge < -0.3 is 10.6 Å². The minimum absolute atomic E-state index is 0.688. The molecule has 3 heteroatoms. The summed E-state index contributed by atoms with van der Waals surface area (Å²) in [6, 6.07) is 7.70. The van der Waals surface area contributed by atoms with Gasteiger partial charge in [-0.15, -0.1) is 0 Å². The van der Waals surface area contributed by atoms with Crippen molar-refractivity contribution < 1.29 is 0 Å². The summed E-state index contributed by atoms with van der Waals surface area (Å²) < 4.78 is 0. The van der Waals surface area contributed by atoms with Crippen molar-refractivity contribution in [3.63, 3.8) is 0 Å². The van der Waals surface area contributed by atoms with E-state index in [-0.39, 0.29) is 0 Å². The monoisotopic (exact) mass is 229 g/mol. The molecule has 1 aromatic rings. The first kappa shape index (κ1) is 11.8. The predicted octanol–water partition coefficient (Wildman–Crippen LogP) is 2.77. The summed E-state index contributed by atoms with van der Waals surface area (Å²) >= 11 is 0. The standard InChI is InChI=1S/C14H19N3/c1-2-11-4-3-7-17(10-11)14-8-12(9-15)5-6-13(14)16/h5-6,8,11H,2-4,7,10,16H2,1H3. The fraction of sp³-hybridized carbons (Fsp3) is 0.500. The van der Waals surface area contributed by atoms with Crippen LogP contribution in [0.25, 0.3) is 0 Å². The average Bonchev–Trinajstić information content (AvgIpc) is 2.39. The summed E-state index contributed by atoms with van der Waals surface area (Å²) in [4.78, 5) is 2.33. The Labute approximate surface area is 103 Å². The highest BCUT2D eigenvalue weighted by Crippen LogP contribution is 2.29. The second-order valence-corrected chi connectivity index (χ2v) is 4.75. The highest BCUT2D eigenvalue weighted by Gasteiger charge is 2.20. The molecule has 0 spiro atoms. The van der Waals surface area contributed by atoms with Crippen molar-refractivity contribution in [1.29, 1.82) is 5.26 Å². The van der Waals surface area contributed by atoms with Gasteiger partial charge in [-0.05, 0) is 37.0 Å². The van der Waals surface area contributed by atoms with Gasteiger partial charge in [-0.25, -0.2) is 0 Å². The van der Waals surface area contributed by atoms with E-state index in [0.29, 0.717) is 5.56 Å². The fourth-order valence-electron chi connectivity index (χ4n) is 2.50. The molecule has 3 nitrogen and oxygen atoms in total. The van der Waals surface area contributed by atoms with Gasteiger partial charge in [-0.3, -0.25) is 0 Å². The van der Waals surface area contributed by atoms with Gasteiger partial charge in [0.05, 0.1) is 23.0 Å². The van der Waals surface area contributed by atoms with Crippen LogP contribution in [-0.4, -0.2) is 13.1 Å². The highest BCUT2D eigenvalue weighted by atomic mass is 15.1. The first-order chi connectivity index (χ1) is 8.24. The molecule has 90 valence electrons. The normalized spacial score (nSPS) is 20.0. The third kappa shape index (κ3) is 2.52. The Morgan fingerprint density at radius 3 is 3.06 bits per heavy atom. The number of rotatable bonds is 2. The number of nitrogen functional groups attached to an aromatic ring is 1. The molecule has 2 rings (SSSR count). The van der Waals surface area contributed by atoms with Crippen LogP contribution in [0.1, 0.15) is 31.7 Å². The maximum atomic E-state index is 8.94. The number of nitrogens with zero attached hydrogens (tertiary/aromatic N) is 2. The summed E-state index contributed by atoms with van der Waals surface area (Å²) in [6.45, 7) is 4.36. The van der Waals surface area contributed by atoms with Crippen LogP contribution in [0, 0.1) is 17.2 Å². The average molecular weight is 229 g/mol. The topological polar surface area (TPSA) is 53.0 Å². The molecule has 0 radical (unpaired) electrons. The van der Waals surface area contributed by atoms with Gasteiger partial charge in [0.2, 0.25) is 0 Å². The quantitative estimate of drug-likeness (QED) is 0.793. The molecule has 2 N–H and O–H groups in total. The molecule has 1 unspecified atom stereocenters. The molecular weight excluding hydrogens is 210 g/mol. The number of benzene rings is 1. The van der Waals surface area contributed by atoms with Crippen LogP contribution in [0.2, 0.25) is 0 Å².